The number of hydrogen-bond acceptors (Lipinski definition) is 5. The van der Waals surface area contributed by atoms with Gasteiger partial charge in [0.1, 0.15) is 5.75 Å². The van der Waals surface area contributed by atoms with E-state index >= 15 is 0 Å². The van der Waals surface area contributed by atoms with Gasteiger partial charge in [-0.25, -0.2) is 0 Å². The highest BCUT2D eigenvalue weighted by Gasteiger charge is 2.35. The van der Waals surface area contributed by atoms with E-state index in [1.54, 1.807) is 4.90 Å². The minimum atomic E-state index is -0.536. The van der Waals surface area contributed by atoms with Crippen molar-refractivity contribution in [2.75, 3.05) is 20.3 Å². The Morgan fingerprint density at radius 3 is 2.86 bits per heavy atom. The Morgan fingerprint density at radius 1 is 1.57 bits per heavy atom. The molecule has 1 aliphatic heterocycles. The van der Waals surface area contributed by atoms with E-state index in [4.69, 9.17) is 4.74 Å². The van der Waals surface area contributed by atoms with Crippen LogP contribution in [0.1, 0.15) is 23.7 Å². The van der Waals surface area contributed by atoms with Gasteiger partial charge in [0.25, 0.3) is 11.6 Å². The molecule has 1 aromatic carbocycles. The molecule has 1 fully saturated rings. The highest BCUT2D eigenvalue weighted by atomic mass is 16.6. The van der Waals surface area contributed by atoms with E-state index in [0.717, 1.165) is 6.42 Å². The summed E-state index contributed by atoms with van der Waals surface area (Å²) in [6.07, 6.45) is 0.826. The molecule has 1 amide bonds. The zero-order chi connectivity index (χ0) is 15.6. The Bertz CT molecular complexity index is 560. The molecule has 2 unspecified atom stereocenters. The zero-order valence-electron chi connectivity index (χ0n) is 12.0. The number of ether oxygens (including phenoxy) is 1. The van der Waals surface area contributed by atoms with E-state index in [-0.39, 0.29) is 41.5 Å². The van der Waals surface area contributed by atoms with Gasteiger partial charge >= 0.3 is 0 Å². The Hall–Kier alpha value is -2.15. The molecule has 1 saturated heterocycles. The van der Waals surface area contributed by atoms with E-state index in [0.29, 0.717) is 6.54 Å². The van der Waals surface area contributed by atoms with Gasteiger partial charge < -0.3 is 14.7 Å². The number of carbonyl (C=O) groups is 1. The molecular formula is C14H18N2O5. The summed E-state index contributed by atoms with van der Waals surface area (Å²) < 4.78 is 5.10. The maximum Gasteiger partial charge on any atom is 0.273 e. The molecule has 1 aromatic rings. The van der Waals surface area contributed by atoms with Crippen LogP contribution in [0.2, 0.25) is 0 Å². The van der Waals surface area contributed by atoms with Crippen molar-refractivity contribution in [3.05, 3.63) is 33.9 Å². The normalized spacial score (nSPS) is 21.4. The van der Waals surface area contributed by atoms with Crippen LogP contribution in [0.3, 0.4) is 0 Å². The molecule has 1 heterocycles. The first-order valence-electron chi connectivity index (χ1n) is 6.73. The van der Waals surface area contributed by atoms with E-state index in [1.165, 1.54) is 25.3 Å². The second-order valence-electron chi connectivity index (χ2n) is 5.16. The number of amides is 1. The highest BCUT2D eigenvalue weighted by molar-refractivity contribution is 5.97. The SMILES string of the molecule is COc1cc([N+](=O)[O-])ccc1C(=O)N1CCC(C)C1CO. The molecule has 0 saturated carbocycles. The molecule has 0 spiro atoms. The third kappa shape index (κ3) is 2.82. The van der Waals surface area contributed by atoms with Crippen molar-refractivity contribution >= 4 is 11.6 Å². The Kier molecular flexibility index (Phi) is 4.42. The second kappa shape index (κ2) is 6.09. The second-order valence-corrected chi connectivity index (χ2v) is 5.16. The fraction of sp³-hybridized carbons (Fsp3) is 0.500. The highest BCUT2D eigenvalue weighted by Crippen LogP contribution is 2.30. The summed E-state index contributed by atoms with van der Waals surface area (Å²) in [6, 6.07) is 3.69. The summed E-state index contributed by atoms with van der Waals surface area (Å²) in [4.78, 5) is 24.4. The first kappa shape index (κ1) is 15.2. The van der Waals surface area contributed by atoms with Gasteiger partial charge in [0, 0.05) is 12.6 Å². The lowest BCUT2D eigenvalue weighted by molar-refractivity contribution is -0.384. The first-order valence-corrected chi connectivity index (χ1v) is 6.73. The van der Waals surface area contributed by atoms with Gasteiger partial charge in [-0.3, -0.25) is 14.9 Å². The minimum Gasteiger partial charge on any atom is -0.496 e. The number of nitrogens with zero attached hydrogens (tertiary/aromatic N) is 2. The quantitative estimate of drug-likeness (QED) is 0.670. The fourth-order valence-corrected chi connectivity index (χ4v) is 2.66. The molecule has 114 valence electrons. The summed E-state index contributed by atoms with van der Waals surface area (Å²) in [6.45, 7) is 2.45. The van der Waals surface area contributed by atoms with Crippen molar-refractivity contribution in [2.45, 2.75) is 19.4 Å². The first-order chi connectivity index (χ1) is 9.99. The van der Waals surface area contributed by atoms with Crippen molar-refractivity contribution in [2.24, 2.45) is 5.92 Å². The number of carbonyl (C=O) groups excluding carboxylic acids is 1. The number of aliphatic hydroxyl groups is 1. The number of benzene rings is 1. The fourth-order valence-electron chi connectivity index (χ4n) is 2.66. The Labute approximate surface area is 122 Å². The molecule has 1 aliphatic rings. The average Bonchev–Trinajstić information content (AvgIpc) is 2.86. The number of rotatable bonds is 4. The molecule has 21 heavy (non-hydrogen) atoms. The molecule has 0 radical (unpaired) electrons. The molecule has 2 atom stereocenters. The van der Waals surface area contributed by atoms with Crippen LogP contribution < -0.4 is 4.74 Å². The zero-order valence-corrected chi connectivity index (χ0v) is 12.0. The predicted octanol–water partition coefficient (Wildman–Crippen LogP) is 1.45. The molecule has 0 aliphatic carbocycles. The van der Waals surface area contributed by atoms with E-state index < -0.39 is 4.92 Å². The van der Waals surface area contributed by atoms with Crippen molar-refractivity contribution in [3.8, 4) is 5.75 Å². The maximum absolute atomic E-state index is 12.6. The number of non-ortho nitro benzene ring substituents is 1. The summed E-state index contributed by atoms with van der Waals surface area (Å²) in [7, 11) is 1.37. The molecular weight excluding hydrogens is 276 g/mol. The minimum absolute atomic E-state index is 0.0950. The van der Waals surface area contributed by atoms with Crippen molar-refractivity contribution in [1.82, 2.24) is 4.90 Å². The summed E-state index contributed by atoms with van der Waals surface area (Å²) in [5.41, 5.74) is 0.146. The van der Waals surface area contributed by atoms with E-state index in [2.05, 4.69) is 0 Å². The lowest BCUT2D eigenvalue weighted by Crippen LogP contribution is -2.39. The van der Waals surface area contributed by atoms with E-state index in [1.807, 2.05) is 6.92 Å². The smallest absolute Gasteiger partial charge is 0.273 e. The van der Waals surface area contributed by atoms with Gasteiger partial charge in [-0.2, -0.15) is 0 Å². The van der Waals surface area contributed by atoms with Crippen LogP contribution in [0, 0.1) is 16.0 Å². The topological polar surface area (TPSA) is 92.9 Å². The lowest BCUT2D eigenvalue weighted by Gasteiger charge is -2.25. The van der Waals surface area contributed by atoms with Crippen molar-refractivity contribution in [3.63, 3.8) is 0 Å². The summed E-state index contributed by atoms with van der Waals surface area (Å²) >= 11 is 0. The molecule has 2 rings (SSSR count). The average molecular weight is 294 g/mol. The van der Waals surface area contributed by atoms with Gasteiger partial charge in [0.15, 0.2) is 0 Å². The van der Waals surface area contributed by atoms with Crippen LogP contribution in [-0.4, -0.2) is 47.1 Å². The van der Waals surface area contributed by atoms with Crippen LogP contribution in [0.4, 0.5) is 5.69 Å². The van der Waals surface area contributed by atoms with Gasteiger partial charge in [0.2, 0.25) is 0 Å². The molecule has 0 aromatic heterocycles. The van der Waals surface area contributed by atoms with Gasteiger partial charge in [-0.1, -0.05) is 6.92 Å². The number of methoxy groups -OCH3 is 1. The molecule has 1 N–H and O–H groups in total. The third-order valence-corrected chi connectivity index (χ3v) is 3.96. The number of likely N-dealkylation sites (tertiary alicyclic amines) is 1. The van der Waals surface area contributed by atoms with Gasteiger partial charge in [-0.15, -0.1) is 0 Å². The number of aliphatic hydroxyl groups excluding tert-OH is 1. The Morgan fingerprint density at radius 2 is 2.29 bits per heavy atom. The van der Waals surface area contributed by atoms with E-state index in [9.17, 15) is 20.0 Å². The van der Waals surface area contributed by atoms with Crippen LogP contribution in [-0.2, 0) is 0 Å². The number of nitro benzene ring substituents is 1. The number of nitro groups is 1. The lowest BCUT2D eigenvalue weighted by atomic mass is 10.0. The predicted molar refractivity (Wildman–Crippen MR) is 75.3 cm³/mol. The maximum atomic E-state index is 12.6. The largest absolute Gasteiger partial charge is 0.496 e. The van der Waals surface area contributed by atoms with Crippen molar-refractivity contribution < 1.29 is 19.6 Å². The standard InChI is InChI=1S/C14H18N2O5/c1-9-5-6-15(12(9)8-17)14(18)11-4-3-10(16(19)20)7-13(11)21-2/h3-4,7,9,12,17H,5-6,8H2,1-2H3. The van der Waals surface area contributed by atoms with Crippen LogP contribution in [0.15, 0.2) is 18.2 Å². The van der Waals surface area contributed by atoms with Crippen LogP contribution >= 0.6 is 0 Å². The number of hydrogen-bond donors (Lipinski definition) is 1. The third-order valence-electron chi connectivity index (χ3n) is 3.96. The molecule has 0 bridgehead atoms. The summed E-state index contributed by atoms with van der Waals surface area (Å²) in [5, 5.41) is 20.2. The van der Waals surface area contributed by atoms with Crippen LogP contribution in [0.25, 0.3) is 0 Å². The van der Waals surface area contributed by atoms with Gasteiger partial charge in [-0.05, 0) is 18.4 Å². The van der Waals surface area contributed by atoms with Gasteiger partial charge in [0.05, 0.1) is 36.3 Å². The van der Waals surface area contributed by atoms with Crippen LogP contribution in [0.5, 0.6) is 5.75 Å². The van der Waals surface area contributed by atoms with Crippen molar-refractivity contribution in [1.29, 1.82) is 0 Å². The molecule has 7 nitrogen and oxygen atoms in total. The Balaban J connectivity index is 2.33. The molecule has 7 heteroatoms. The summed E-state index contributed by atoms with van der Waals surface area (Å²) in [5.74, 6) is 0.124. The monoisotopic (exact) mass is 294 g/mol.